The largest absolute Gasteiger partial charge is 0.467 e. The van der Waals surface area contributed by atoms with Crippen molar-refractivity contribution in [2.45, 2.75) is 51.5 Å². The van der Waals surface area contributed by atoms with Gasteiger partial charge in [-0.3, -0.25) is 9.69 Å². The summed E-state index contributed by atoms with van der Waals surface area (Å²) in [6, 6.07) is 0. The molecule has 2 rings (SSSR count). The molecule has 0 aromatic carbocycles. The van der Waals surface area contributed by atoms with Crippen LogP contribution in [0.4, 0.5) is 0 Å². The first kappa shape index (κ1) is 17.0. The van der Waals surface area contributed by atoms with Gasteiger partial charge in [-0.25, -0.2) is 4.79 Å². The van der Waals surface area contributed by atoms with Gasteiger partial charge in [-0.2, -0.15) is 0 Å². The molecule has 0 saturated carbocycles. The van der Waals surface area contributed by atoms with Gasteiger partial charge in [0.2, 0.25) is 5.91 Å². The van der Waals surface area contributed by atoms with Crippen LogP contribution >= 0.6 is 0 Å². The predicted molar refractivity (Wildman–Crippen MR) is 79.7 cm³/mol. The lowest BCUT2D eigenvalue weighted by Gasteiger charge is -2.40. The molecule has 2 aliphatic heterocycles. The van der Waals surface area contributed by atoms with Gasteiger partial charge in [0.05, 0.1) is 19.6 Å². The number of hydrogen-bond donors (Lipinski definition) is 1. The molecule has 0 spiro atoms. The summed E-state index contributed by atoms with van der Waals surface area (Å²) in [7, 11) is 1.25. The maximum Gasteiger partial charge on any atom is 0.337 e. The third kappa shape index (κ3) is 1.93. The van der Waals surface area contributed by atoms with Crippen LogP contribution in [0, 0.1) is 11.3 Å². The molecule has 0 unspecified atom stereocenters. The molecule has 0 aromatic heterocycles. The molecule has 124 valence electrons. The van der Waals surface area contributed by atoms with E-state index in [9.17, 15) is 14.7 Å². The van der Waals surface area contributed by atoms with Gasteiger partial charge in [0, 0.05) is 5.41 Å². The molecule has 6 nitrogen and oxygen atoms in total. The zero-order valence-corrected chi connectivity index (χ0v) is 13.9. The summed E-state index contributed by atoms with van der Waals surface area (Å²) in [6.07, 6.45) is 1.27. The minimum Gasteiger partial charge on any atom is -0.467 e. The molecule has 4 atom stereocenters. The fourth-order valence-corrected chi connectivity index (χ4v) is 3.60. The van der Waals surface area contributed by atoms with Crippen molar-refractivity contribution in [3.05, 3.63) is 12.7 Å². The molecular formula is C16H25NO5. The number of methoxy groups -OCH3 is 1. The first-order chi connectivity index (χ1) is 10.1. The van der Waals surface area contributed by atoms with E-state index in [1.807, 2.05) is 20.8 Å². The average Bonchev–Trinajstić information content (AvgIpc) is 2.90. The number of nitrogens with zero attached hydrogens (tertiary/aromatic N) is 1. The third-order valence-electron chi connectivity index (χ3n) is 4.81. The molecule has 2 heterocycles. The van der Waals surface area contributed by atoms with Crippen molar-refractivity contribution in [2.75, 3.05) is 13.7 Å². The van der Waals surface area contributed by atoms with Crippen LogP contribution in [-0.2, 0) is 19.1 Å². The first-order valence-electron chi connectivity index (χ1n) is 7.42. The van der Waals surface area contributed by atoms with Crippen molar-refractivity contribution in [1.82, 2.24) is 4.90 Å². The van der Waals surface area contributed by atoms with Crippen LogP contribution in [0.3, 0.4) is 0 Å². The van der Waals surface area contributed by atoms with Gasteiger partial charge in [0.15, 0.2) is 5.54 Å². The Hall–Kier alpha value is -1.40. The Morgan fingerprint density at radius 2 is 2.18 bits per heavy atom. The topological polar surface area (TPSA) is 76.1 Å². The molecular weight excluding hydrogens is 286 g/mol. The molecule has 2 saturated heterocycles. The molecule has 1 amide bonds. The van der Waals surface area contributed by atoms with E-state index >= 15 is 0 Å². The minimum absolute atomic E-state index is 0.0754. The summed E-state index contributed by atoms with van der Waals surface area (Å²) < 4.78 is 10.7. The maximum atomic E-state index is 12.9. The first-order valence-corrected chi connectivity index (χ1v) is 7.42. The number of ether oxygens (including phenoxy) is 2. The van der Waals surface area contributed by atoms with Crippen LogP contribution in [0.2, 0.25) is 0 Å². The van der Waals surface area contributed by atoms with E-state index < -0.39 is 34.7 Å². The summed E-state index contributed by atoms with van der Waals surface area (Å²) in [6.45, 7) is 10.8. The van der Waals surface area contributed by atoms with Gasteiger partial charge in [-0.15, -0.1) is 6.58 Å². The molecule has 1 N–H and O–H groups in total. The maximum absolute atomic E-state index is 12.9. The quantitative estimate of drug-likeness (QED) is 0.623. The minimum atomic E-state index is -1.59. The van der Waals surface area contributed by atoms with Crippen LogP contribution in [0.1, 0.15) is 34.1 Å². The number of amides is 1. The number of allylic oxidation sites excluding steroid dienone is 1. The lowest BCUT2D eigenvalue weighted by Crippen LogP contribution is -2.64. The van der Waals surface area contributed by atoms with Gasteiger partial charge < -0.3 is 14.6 Å². The van der Waals surface area contributed by atoms with Gasteiger partial charge in [0.1, 0.15) is 11.8 Å². The second-order valence-electron chi connectivity index (χ2n) is 7.31. The lowest BCUT2D eigenvalue weighted by atomic mass is 9.75. The van der Waals surface area contributed by atoms with Crippen LogP contribution in [0.5, 0.6) is 0 Å². The van der Waals surface area contributed by atoms with Gasteiger partial charge in [-0.1, -0.05) is 26.8 Å². The van der Waals surface area contributed by atoms with E-state index in [1.54, 1.807) is 6.08 Å². The molecule has 2 fully saturated rings. The van der Waals surface area contributed by atoms with Crippen molar-refractivity contribution in [2.24, 2.45) is 11.3 Å². The number of rotatable bonds is 3. The van der Waals surface area contributed by atoms with E-state index in [-0.39, 0.29) is 18.9 Å². The van der Waals surface area contributed by atoms with Crippen molar-refractivity contribution < 1.29 is 24.2 Å². The normalized spacial score (nSPS) is 38.1. The molecule has 0 bridgehead atoms. The van der Waals surface area contributed by atoms with Crippen molar-refractivity contribution in [3.8, 4) is 0 Å². The second kappa shape index (κ2) is 5.06. The highest BCUT2D eigenvalue weighted by Gasteiger charge is 2.75. The summed E-state index contributed by atoms with van der Waals surface area (Å²) in [5.41, 5.74) is -3.50. The molecule has 22 heavy (non-hydrogen) atoms. The fourth-order valence-electron chi connectivity index (χ4n) is 3.60. The van der Waals surface area contributed by atoms with Crippen LogP contribution < -0.4 is 0 Å². The summed E-state index contributed by atoms with van der Waals surface area (Å²) >= 11 is 0. The van der Waals surface area contributed by atoms with Gasteiger partial charge in [-0.05, 0) is 13.3 Å². The molecule has 6 heteroatoms. The molecule has 0 aromatic rings. The van der Waals surface area contributed by atoms with Crippen molar-refractivity contribution >= 4 is 11.9 Å². The smallest absolute Gasteiger partial charge is 0.337 e. The zero-order valence-electron chi connectivity index (χ0n) is 13.9. The number of aliphatic hydroxyl groups is 1. The third-order valence-corrected chi connectivity index (χ3v) is 4.81. The Labute approximate surface area is 131 Å². The number of carbonyl (C=O) groups is 2. The second-order valence-corrected chi connectivity index (χ2v) is 7.31. The van der Waals surface area contributed by atoms with Crippen molar-refractivity contribution in [1.29, 1.82) is 0 Å². The van der Waals surface area contributed by atoms with E-state index in [0.717, 1.165) is 0 Å². The van der Waals surface area contributed by atoms with Crippen LogP contribution in [-0.4, -0.2) is 53.0 Å². The standard InChI is InChI=1S/C16H25NO5/c1-7-8-10-11(18)17-12(14(2,3)4)22-9-16(17,13(19)21-6)15(10,5)20/h7,10,12,20H,1,8-9H2,2-6H3/t10-,12+,15+,16-/m1/s1. The highest BCUT2D eigenvalue weighted by molar-refractivity contribution is 5.97. The zero-order chi connectivity index (χ0) is 16.9. The van der Waals surface area contributed by atoms with Crippen molar-refractivity contribution in [3.63, 3.8) is 0 Å². The SMILES string of the molecule is C=CC[C@@H]1C(=O)N2[C@H](C(C)(C)C)OC[C@@]2(C(=O)OC)[C@@]1(C)O. The highest BCUT2D eigenvalue weighted by Crippen LogP contribution is 2.52. The fraction of sp³-hybridized carbons (Fsp3) is 0.750. The Bertz CT molecular complexity index is 507. The number of esters is 1. The van der Waals surface area contributed by atoms with Crippen LogP contribution in [0.25, 0.3) is 0 Å². The van der Waals surface area contributed by atoms with E-state index in [1.165, 1.54) is 18.9 Å². The van der Waals surface area contributed by atoms with Gasteiger partial charge in [0.25, 0.3) is 0 Å². The number of fused-ring (bicyclic) bond motifs is 1. The number of hydrogen-bond acceptors (Lipinski definition) is 5. The number of carbonyl (C=O) groups excluding carboxylic acids is 2. The van der Waals surface area contributed by atoms with E-state index in [4.69, 9.17) is 9.47 Å². The van der Waals surface area contributed by atoms with E-state index in [2.05, 4.69) is 6.58 Å². The Morgan fingerprint density at radius 3 is 2.64 bits per heavy atom. The Kier molecular flexibility index (Phi) is 3.90. The van der Waals surface area contributed by atoms with Gasteiger partial charge >= 0.3 is 5.97 Å². The van der Waals surface area contributed by atoms with E-state index in [0.29, 0.717) is 0 Å². The molecule has 2 aliphatic rings. The summed E-state index contributed by atoms with van der Waals surface area (Å²) in [5, 5.41) is 11.1. The molecule has 0 aliphatic carbocycles. The van der Waals surface area contributed by atoms with Crippen LogP contribution in [0.15, 0.2) is 12.7 Å². The highest BCUT2D eigenvalue weighted by atomic mass is 16.6. The Balaban J connectivity index is 2.61. The average molecular weight is 311 g/mol. The lowest BCUT2D eigenvalue weighted by molar-refractivity contribution is -0.167. The molecule has 0 radical (unpaired) electrons. The monoisotopic (exact) mass is 311 g/mol. The summed E-state index contributed by atoms with van der Waals surface area (Å²) in [4.78, 5) is 26.8. The predicted octanol–water partition coefficient (Wildman–Crippen LogP) is 1.09. The summed E-state index contributed by atoms with van der Waals surface area (Å²) in [5.74, 6) is -1.69. The Morgan fingerprint density at radius 1 is 1.59 bits per heavy atom.